The monoisotopic (exact) mass is 364 g/mol. The van der Waals surface area contributed by atoms with Crippen molar-refractivity contribution in [3.05, 3.63) is 60.3 Å². The van der Waals surface area contributed by atoms with Crippen LogP contribution in [-0.4, -0.2) is 52.1 Å². The summed E-state index contributed by atoms with van der Waals surface area (Å²) in [5.41, 5.74) is 1.63. The van der Waals surface area contributed by atoms with E-state index in [9.17, 15) is 4.79 Å². The second-order valence-corrected chi connectivity index (χ2v) is 6.97. The van der Waals surface area contributed by atoms with Crippen LogP contribution in [0.3, 0.4) is 0 Å². The number of likely N-dealkylation sites (tertiary alicyclic amines) is 1. The van der Waals surface area contributed by atoms with Crippen molar-refractivity contribution in [2.75, 3.05) is 26.8 Å². The van der Waals surface area contributed by atoms with Crippen LogP contribution in [0.4, 0.5) is 0 Å². The number of benzene rings is 1. The zero-order valence-electron chi connectivity index (χ0n) is 15.5. The molecule has 1 aromatic carbocycles. The van der Waals surface area contributed by atoms with Crippen molar-refractivity contribution in [3.8, 4) is 0 Å². The molecule has 6 nitrogen and oxygen atoms in total. The van der Waals surface area contributed by atoms with E-state index in [2.05, 4.69) is 14.5 Å². The maximum absolute atomic E-state index is 13.1. The molecule has 3 aromatic rings. The molecule has 1 saturated heterocycles. The zero-order chi connectivity index (χ0) is 18.6. The number of rotatable bonds is 5. The van der Waals surface area contributed by atoms with Gasteiger partial charge in [-0.3, -0.25) is 9.78 Å². The van der Waals surface area contributed by atoms with Crippen LogP contribution in [-0.2, 0) is 11.3 Å². The average molecular weight is 364 g/mol. The molecule has 1 atom stereocenters. The number of ether oxygens (including phenoxy) is 1. The highest BCUT2D eigenvalue weighted by Crippen LogP contribution is 2.27. The molecule has 0 N–H and O–H groups in total. The fourth-order valence-corrected chi connectivity index (χ4v) is 3.82. The number of aromatic nitrogens is 3. The first-order chi connectivity index (χ1) is 13.3. The first-order valence-corrected chi connectivity index (χ1v) is 9.40. The van der Waals surface area contributed by atoms with E-state index in [1.165, 1.54) is 0 Å². The third-order valence-corrected chi connectivity index (χ3v) is 5.21. The van der Waals surface area contributed by atoms with Crippen LogP contribution in [0.25, 0.3) is 10.9 Å². The van der Waals surface area contributed by atoms with E-state index in [1.807, 2.05) is 47.6 Å². The highest BCUT2D eigenvalue weighted by Gasteiger charge is 2.28. The van der Waals surface area contributed by atoms with Crippen LogP contribution in [0.5, 0.6) is 0 Å². The maximum Gasteiger partial charge on any atom is 0.253 e. The largest absolute Gasteiger partial charge is 0.383 e. The number of amides is 1. The van der Waals surface area contributed by atoms with Crippen molar-refractivity contribution in [3.63, 3.8) is 0 Å². The van der Waals surface area contributed by atoms with Gasteiger partial charge in [0, 0.05) is 62.2 Å². The molecule has 140 valence electrons. The molecule has 1 aliphatic rings. The molecule has 1 unspecified atom stereocenters. The highest BCUT2D eigenvalue weighted by atomic mass is 16.5. The second kappa shape index (κ2) is 7.88. The Bertz CT molecular complexity index is 937. The van der Waals surface area contributed by atoms with Crippen LogP contribution in [0.2, 0.25) is 0 Å². The van der Waals surface area contributed by atoms with Crippen LogP contribution >= 0.6 is 0 Å². The van der Waals surface area contributed by atoms with Gasteiger partial charge in [0.05, 0.1) is 12.1 Å². The summed E-state index contributed by atoms with van der Waals surface area (Å²) in [7, 11) is 1.71. The highest BCUT2D eigenvalue weighted by molar-refractivity contribution is 5.98. The molecular formula is C21H24N4O2. The molecule has 1 aliphatic heterocycles. The molecule has 4 rings (SSSR count). The minimum atomic E-state index is 0.0838. The first kappa shape index (κ1) is 17.7. The molecular weight excluding hydrogens is 340 g/mol. The van der Waals surface area contributed by atoms with Crippen LogP contribution in [0.1, 0.15) is 34.9 Å². The van der Waals surface area contributed by atoms with Crippen LogP contribution in [0, 0.1) is 0 Å². The number of nitrogens with zero attached hydrogens (tertiary/aromatic N) is 4. The third kappa shape index (κ3) is 3.71. The van der Waals surface area contributed by atoms with E-state index in [0.29, 0.717) is 13.2 Å². The van der Waals surface area contributed by atoms with Gasteiger partial charge in [0.2, 0.25) is 0 Å². The summed E-state index contributed by atoms with van der Waals surface area (Å²) < 4.78 is 7.33. The molecule has 0 spiro atoms. The molecule has 0 saturated carbocycles. The lowest BCUT2D eigenvalue weighted by Gasteiger charge is -2.33. The predicted molar refractivity (Wildman–Crippen MR) is 104 cm³/mol. The quantitative estimate of drug-likeness (QED) is 0.698. The van der Waals surface area contributed by atoms with Crippen molar-refractivity contribution < 1.29 is 9.53 Å². The Balaban J connectivity index is 1.52. The van der Waals surface area contributed by atoms with Gasteiger partial charge in [-0.05, 0) is 37.1 Å². The van der Waals surface area contributed by atoms with Gasteiger partial charge in [-0.15, -0.1) is 0 Å². The van der Waals surface area contributed by atoms with Crippen LogP contribution < -0.4 is 0 Å². The number of imidazole rings is 1. The zero-order valence-corrected chi connectivity index (χ0v) is 15.5. The van der Waals surface area contributed by atoms with Crippen molar-refractivity contribution >= 4 is 16.8 Å². The fourth-order valence-electron chi connectivity index (χ4n) is 3.82. The number of carbonyl (C=O) groups is 1. The SMILES string of the molecule is COCCn1ccnc1C1CCCN(C(=O)c2ccc3ncccc3c2)C1. The number of hydrogen-bond acceptors (Lipinski definition) is 4. The normalized spacial score (nSPS) is 17.4. The van der Waals surface area contributed by atoms with Crippen LogP contribution in [0.15, 0.2) is 48.9 Å². The molecule has 6 heteroatoms. The van der Waals surface area contributed by atoms with Crippen molar-refractivity contribution in [1.29, 1.82) is 0 Å². The Morgan fingerprint density at radius 3 is 3.07 bits per heavy atom. The van der Waals surface area contributed by atoms with Crippen molar-refractivity contribution in [1.82, 2.24) is 19.4 Å². The summed E-state index contributed by atoms with van der Waals surface area (Å²) in [5, 5.41) is 0.993. The summed E-state index contributed by atoms with van der Waals surface area (Å²) >= 11 is 0. The van der Waals surface area contributed by atoms with Gasteiger partial charge in [0.25, 0.3) is 5.91 Å². The molecule has 0 aliphatic carbocycles. The van der Waals surface area contributed by atoms with Gasteiger partial charge in [0.1, 0.15) is 5.82 Å². The minimum Gasteiger partial charge on any atom is -0.383 e. The summed E-state index contributed by atoms with van der Waals surface area (Å²) in [5.74, 6) is 1.39. The molecule has 27 heavy (non-hydrogen) atoms. The fraction of sp³-hybridized carbons (Fsp3) is 0.381. The Labute approximate surface area is 158 Å². The van der Waals surface area contributed by atoms with Crippen molar-refractivity contribution in [2.45, 2.75) is 25.3 Å². The van der Waals surface area contributed by atoms with E-state index in [4.69, 9.17) is 4.74 Å². The van der Waals surface area contributed by atoms with E-state index in [-0.39, 0.29) is 11.8 Å². The number of fused-ring (bicyclic) bond motifs is 1. The van der Waals surface area contributed by atoms with Gasteiger partial charge >= 0.3 is 0 Å². The van der Waals surface area contributed by atoms with E-state index in [0.717, 1.165) is 48.2 Å². The lowest BCUT2D eigenvalue weighted by molar-refractivity contribution is 0.0702. The number of pyridine rings is 1. The Hall–Kier alpha value is -2.73. The van der Waals surface area contributed by atoms with E-state index in [1.54, 1.807) is 13.3 Å². The predicted octanol–water partition coefficient (Wildman–Crippen LogP) is 3.10. The van der Waals surface area contributed by atoms with Gasteiger partial charge in [-0.1, -0.05) is 6.07 Å². The number of methoxy groups -OCH3 is 1. The summed E-state index contributed by atoms with van der Waals surface area (Å²) in [6.07, 6.45) is 7.64. The smallest absolute Gasteiger partial charge is 0.253 e. The molecule has 0 bridgehead atoms. The molecule has 1 amide bonds. The second-order valence-electron chi connectivity index (χ2n) is 6.97. The molecule has 2 aromatic heterocycles. The lowest BCUT2D eigenvalue weighted by Crippen LogP contribution is -2.39. The number of carbonyl (C=O) groups excluding carboxylic acids is 1. The summed E-state index contributed by atoms with van der Waals surface area (Å²) in [4.78, 5) is 23.9. The minimum absolute atomic E-state index is 0.0838. The summed E-state index contributed by atoms with van der Waals surface area (Å²) in [6.45, 7) is 2.94. The Morgan fingerprint density at radius 1 is 1.26 bits per heavy atom. The topological polar surface area (TPSA) is 60.2 Å². The van der Waals surface area contributed by atoms with Gasteiger partial charge in [-0.25, -0.2) is 4.98 Å². The first-order valence-electron chi connectivity index (χ1n) is 9.40. The van der Waals surface area contributed by atoms with Gasteiger partial charge < -0.3 is 14.2 Å². The average Bonchev–Trinajstić information content (AvgIpc) is 3.20. The molecule has 3 heterocycles. The lowest BCUT2D eigenvalue weighted by atomic mass is 9.96. The molecule has 1 fully saturated rings. The maximum atomic E-state index is 13.1. The summed E-state index contributed by atoms with van der Waals surface area (Å²) in [6, 6.07) is 9.62. The van der Waals surface area contributed by atoms with E-state index < -0.39 is 0 Å². The number of hydrogen-bond donors (Lipinski definition) is 0. The Morgan fingerprint density at radius 2 is 2.19 bits per heavy atom. The standard InChI is InChI=1S/C21H24N4O2/c1-27-13-12-24-11-9-23-20(24)18-5-3-10-25(15-18)21(26)17-6-7-19-16(14-17)4-2-8-22-19/h2,4,6-9,11,14,18H,3,5,10,12-13,15H2,1H3. The van der Waals surface area contributed by atoms with Gasteiger partial charge in [-0.2, -0.15) is 0 Å². The third-order valence-electron chi connectivity index (χ3n) is 5.21. The molecule has 0 radical (unpaired) electrons. The van der Waals surface area contributed by atoms with E-state index >= 15 is 0 Å². The Kier molecular flexibility index (Phi) is 5.16. The van der Waals surface area contributed by atoms with Gasteiger partial charge in [0.15, 0.2) is 0 Å². The van der Waals surface area contributed by atoms with Crippen molar-refractivity contribution in [2.24, 2.45) is 0 Å². The number of piperidine rings is 1.